The summed E-state index contributed by atoms with van der Waals surface area (Å²) in [5.74, 6) is 1.21. The normalized spacial score (nSPS) is 10.4. The van der Waals surface area contributed by atoms with E-state index in [9.17, 15) is 4.79 Å². The Morgan fingerprint density at radius 1 is 1.42 bits per heavy atom. The van der Waals surface area contributed by atoms with Crippen LogP contribution in [0.4, 0.5) is 5.69 Å². The van der Waals surface area contributed by atoms with Gasteiger partial charge in [0, 0.05) is 10.6 Å². The van der Waals surface area contributed by atoms with Crippen molar-refractivity contribution in [3.8, 4) is 0 Å². The predicted octanol–water partition coefficient (Wildman–Crippen LogP) is 3.33. The smallest absolute Gasteiger partial charge is 0.338 e. The summed E-state index contributed by atoms with van der Waals surface area (Å²) in [5.41, 5.74) is 7.05. The van der Waals surface area contributed by atoms with Gasteiger partial charge in [0.2, 0.25) is 0 Å². The molecule has 0 spiro atoms. The zero-order valence-electron chi connectivity index (χ0n) is 10.6. The molecule has 0 saturated heterocycles. The van der Waals surface area contributed by atoms with Crippen LogP contribution < -0.4 is 5.73 Å². The molecule has 0 saturated carbocycles. The topological polar surface area (TPSA) is 65.5 Å². The first-order valence-corrected chi connectivity index (χ1v) is 6.91. The van der Waals surface area contributed by atoms with Crippen molar-refractivity contribution < 1.29 is 13.9 Å². The maximum absolute atomic E-state index is 11.7. The molecule has 0 aliphatic heterocycles. The molecule has 0 atom stereocenters. The molecule has 1 aromatic heterocycles. The SMILES string of the molecule is CCOC(=O)c1ccc(N)c(SCc2ccco2)c1. The van der Waals surface area contributed by atoms with E-state index in [1.165, 1.54) is 11.8 Å². The lowest BCUT2D eigenvalue weighted by molar-refractivity contribution is 0.0526. The lowest BCUT2D eigenvalue weighted by Gasteiger charge is -2.07. The molecule has 0 amide bonds. The van der Waals surface area contributed by atoms with Crippen molar-refractivity contribution in [1.82, 2.24) is 0 Å². The molecule has 0 radical (unpaired) electrons. The van der Waals surface area contributed by atoms with Crippen molar-refractivity contribution >= 4 is 23.4 Å². The van der Waals surface area contributed by atoms with Crippen LogP contribution in [0, 0.1) is 0 Å². The monoisotopic (exact) mass is 277 g/mol. The van der Waals surface area contributed by atoms with Crippen molar-refractivity contribution in [2.45, 2.75) is 17.6 Å². The largest absolute Gasteiger partial charge is 0.468 e. The van der Waals surface area contributed by atoms with Crippen molar-refractivity contribution in [3.05, 3.63) is 47.9 Å². The number of carbonyl (C=O) groups is 1. The molecule has 2 aromatic rings. The van der Waals surface area contributed by atoms with Gasteiger partial charge in [-0.05, 0) is 37.3 Å². The third kappa shape index (κ3) is 3.54. The third-order valence-electron chi connectivity index (χ3n) is 2.47. The Morgan fingerprint density at radius 2 is 2.26 bits per heavy atom. The average molecular weight is 277 g/mol. The fourth-order valence-electron chi connectivity index (χ4n) is 1.54. The summed E-state index contributed by atoms with van der Waals surface area (Å²) in [6, 6.07) is 8.88. The second kappa shape index (κ2) is 6.33. The predicted molar refractivity (Wildman–Crippen MR) is 75.1 cm³/mol. The molecule has 0 aliphatic carbocycles. The molecule has 0 aliphatic rings. The minimum absolute atomic E-state index is 0.331. The van der Waals surface area contributed by atoms with Crippen LogP contribution in [0.1, 0.15) is 23.0 Å². The number of anilines is 1. The number of benzene rings is 1. The molecule has 1 aromatic carbocycles. The van der Waals surface area contributed by atoms with E-state index in [0.29, 0.717) is 23.6 Å². The molecular weight excluding hydrogens is 262 g/mol. The molecule has 0 bridgehead atoms. The number of rotatable bonds is 5. The number of nitrogens with two attached hydrogens (primary N) is 1. The van der Waals surface area contributed by atoms with Crippen LogP contribution in [-0.4, -0.2) is 12.6 Å². The zero-order valence-corrected chi connectivity index (χ0v) is 11.4. The molecule has 19 heavy (non-hydrogen) atoms. The summed E-state index contributed by atoms with van der Waals surface area (Å²) in [6.45, 7) is 2.14. The van der Waals surface area contributed by atoms with E-state index < -0.39 is 0 Å². The Kier molecular flexibility index (Phi) is 4.52. The molecule has 1 heterocycles. The number of nitrogen functional groups attached to an aromatic ring is 1. The lowest BCUT2D eigenvalue weighted by atomic mass is 10.2. The van der Waals surface area contributed by atoms with Gasteiger partial charge in [0.25, 0.3) is 0 Å². The van der Waals surface area contributed by atoms with E-state index in [4.69, 9.17) is 14.9 Å². The Hall–Kier alpha value is -1.88. The first-order chi connectivity index (χ1) is 9.20. The Bertz CT molecular complexity index is 552. The van der Waals surface area contributed by atoms with Gasteiger partial charge in [-0.15, -0.1) is 11.8 Å². The first-order valence-electron chi connectivity index (χ1n) is 5.92. The van der Waals surface area contributed by atoms with Gasteiger partial charge in [0.15, 0.2) is 0 Å². The highest BCUT2D eigenvalue weighted by Gasteiger charge is 2.10. The van der Waals surface area contributed by atoms with Crippen LogP contribution >= 0.6 is 11.8 Å². The van der Waals surface area contributed by atoms with Gasteiger partial charge in [-0.2, -0.15) is 0 Å². The van der Waals surface area contributed by atoms with E-state index >= 15 is 0 Å². The van der Waals surface area contributed by atoms with E-state index in [0.717, 1.165) is 10.7 Å². The van der Waals surface area contributed by atoms with E-state index in [-0.39, 0.29) is 5.97 Å². The summed E-state index contributed by atoms with van der Waals surface area (Å²) in [5, 5.41) is 0. The molecule has 0 fully saturated rings. The maximum atomic E-state index is 11.7. The number of furan rings is 1. The summed E-state index contributed by atoms with van der Waals surface area (Å²) in [4.78, 5) is 12.5. The van der Waals surface area contributed by atoms with Gasteiger partial charge in [-0.1, -0.05) is 0 Å². The number of ether oxygens (including phenoxy) is 1. The maximum Gasteiger partial charge on any atom is 0.338 e. The highest BCUT2D eigenvalue weighted by molar-refractivity contribution is 7.98. The zero-order chi connectivity index (χ0) is 13.7. The highest BCUT2D eigenvalue weighted by Crippen LogP contribution is 2.29. The van der Waals surface area contributed by atoms with Crippen LogP contribution in [0.25, 0.3) is 0 Å². The minimum atomic E-state index is -0.331. The van der Waals surface area contributed by atoms with Crippen molar-refractivity contribution in [1.29, 1.82) is 0 Å². The van der Waals surface area contributed by atoms with Gasteiger partial charge in [0.1, 0.15) is 5.76 Å². The van der Waals surface area contributed by atoms with Gasteiger partial charge >= 0.3 is 5.97 Å². The quantitative estimate of drug-likeness (QED) is 0.516. The number of hydrogen-bond acceptors (Lipinski definition) is 5. The van der Waals surface area contributed by atoms with Gasteiger partial charge < -0.3 is 14.9 Å². The summed E-state index contributed by atoms with van der Waals surface area (Å²) in [7, 11) is 0. The summed E-state index contributed by atoms with van der Waals surface area (Å²) in [6.07, 6.45) is 1.63. The summed E-state index contributed by atoms with van der Waals surface area (Å²) < 4.78 is 10.2. The minimum Gasteiger partial charge on any atom is -0.468 e. The van der Waals surface area contributed by atoms with Gasteiger partial charge in [-0.25, -0.2) is 4.79 Å². The van der Waals surface area contributed by atoms with Crippen LogP contribution in [0.2, 0.25) is 0 Å². The first kappa shape index (κ1) is 13.5. The molecular formula is C14H15NO3S. The van der Waals surface area contributed by atoms with Gasteiger partial charge in [-0.3, -0.25) is 0 Å². The summed E-state index contributed by atoms with van der Waals surface area (Å²) >= 11 is 1.53. The van der Waals surface area contributed by atoms with Crippen LogP contribution in [-0.2, 0) is 10.5 Å². The molecule has 5 heteroatoms. The van der Waals surface area contributed by atoms with Crippen molar-refractivity contribution in [2.75, 3.05) is 12.3 Å². The molecule has 4 nitrogen and oxygen atoms in total. The number of carbonyl (C=O) groups excluding carboxylic acids is 1. The average Bonchev–Trinajstić information content (AvgIpc) is 2.91. The number of thioether (sulfide) groups is 1. The van der Waals surface area contributed by atoms with E-state index in [1.54, 1.807) is 31.4 Å². The fourth-order valence-corrected chi connectivity index (χ4v) is 2.45. The second-order valence-corrected chi connectivity index (χ2v) is 4.86. The number of esters is 1. The molecule has 100 valence electrons. The Morgan fingerprint density at radius 3 is 2.95 bits per heavy atom. The fraction of sp³-hybridized carbons (Fsp3) is 0.214. The molecule has 2 rings (SSSR count). The van der Waals surface area contributed by atoms with Crippen molar-refractivity contribution in [2.24, 2.45) is 0 Å². The second-order valence-electron chi connectivity index (χ2n) is 3.84. The third-order valence-corrected chi connectivity index (χ3v) is 3.57. The van der Waals surface area contributed by atoms with Crippen LogP contribution in [0.15, 0.2) is 45.9 Å². The van der Waals surface area contributed by atoms with Crippen LogP contribution in [0.3, 0.4) is 0 Å². The number of hydrogen-bond donors (Lipinski definition) is 1. The van der Waals surface area contributed by atoms with Gasteiger partial charge in [0.05, 0.1) is 24.2 Å². The van der Waals surface area contributed by atoms with E-state index in [1.807, 2.05) is 12.1 Å². The molecule has 0 unspecified atom stereocenters. The Labute approximate surface area is 115 Å². The standard InChI is InChI=1S/C14H15NO3S/c1-2-17-14(16)10-5-6-12(15)13(8-10)19-9-11-4-3-7-18-11/h3-8H,2,9,15H2,1H3. The Balaban J connectivity index is 2.10. The van der Waals surface area contributed by atoms with Crippen LogP contribution in [0.5, 0.6) is 0 Å². The lowest BCUT2D eigenvalue weighted by Crippen LogP contribution is -2.05. The van der Waals surface area contributed by atoms with Crippen molar-refractivity contribution in [3.63, 3.8) is 0 Å². The highest BCUT2D eigenvalue weighted by atomic mass is 32.2. The van der Waals surface area contributed by atoms with E-state index in [2.05, 4.69) is 0 Å². The molecule has 2 N–H and O–H groups in total.